The summed E-state index contributed by atoms with van der Waals surface area (Å²) in [6.07, 6.45) is 7.40. The molecule has 1 aromatic rings. The van der Waals surface area contributed by atoms with E-state index in [1.54, 1.807) is 0 Å². The lowest BCUT2D eigenvalue weighted by Gasteiger charge is -2.08. The van der Waals surface area contributed by atoms with Crippen LogP contribution in [0.5, 0.6) is 0 Å². The molecule has 0 bridgehead atoms. The van der Waals surface area contributed by atoms with E-state index < -0.39 is 12.0 Å². The largest absolute Gasteiger partial charge is 0.478 e. The van der Waals surface area contributed by atoms with Crippen LogP contribution in [0, 0.1) is 12.3 Å². The lowest BCUT2D eigenvalue weighted by Crippen LogP contribution is -2.22. The van der Waals surface area contributed by atoms with Gasteiger partial charge in [-0.15, -0.1) is 6.42 Å². The predicted molar refractivity (Wildman–Crippen MR) is 52.3 cm³/mol. The number of carboxylic acid groups (broad SMARTS) is 1. The zero-order chi connectivity index (χ0) is 11.3. The Hall–Kier alpha value is -2.13. The third-order valence-corrected chi connectivity index (χ3v) is 1.59. The van der Waals surface area contributed by atoms with Gasteiger partial charge in [-0.2, -0.15) is 0 Å². The van der Waals surface area contributed by atoms with E-state index in [1.165, 1.54) is 0 Å². The maximum atomic E-state index is 10.5. The molecule has 1 heterocycles. The highest BCUT2D eigenvalue weighted by Gasteiger charge is 2.07. The number of aliphatic hydroxyl groups excluding tert-OH is 1. The van der Waals surface area contributed by atoms with Gasteiger partial charge in [0, 0.05) is 12.4 Å². The van der Waals surface area contributed by atoms with Gasteiger partial charge in [-0.05, 0) is 0 Å². The molecule has 0 fully saturated rings. The molecule has 0 aromatic carbocycles. The van der Waals surface area contributed by atoms with Gasteiger partial charge < -0.3 is 15.5 Å². The van der Waals surface area contributed by atoms with Gasteiger partial charge in [0.2, 0.25) is 5.95 Å². The molecule has 6 nitrogen and oxygen atoms in total. The number of carboxylic acids is 1. The van der Waals surface area contributed by atoms with E-state index in [-0.39, 0.29) is 18.1 Å². The highest BCUT2D eigenvalue weighted by atomic mass is 16.4. The molecule has 15 heavy (non-hydrogen) atoms. The zero-order valence-corrected chi connectivity index (χ0v) is 7.71. The van der Waals surface area contributed by atoms with E-state index in [0.717, 1.165) is 12.4 Å². The summed E-state index contributed by atoms with van der Waals surface area (Å²) in [5, 5.41) is 20.0. The van der Waals surface area contributed by atoms with Crippen LogP contribution >= 0.6 is 0 Å². The third-order valence-electron chi connectivity index (χ3n) is 1.59. The minimum Gasteiger partial charge on any atom is -0.478 e. The first-order valence-electron chi connectivity index (χ1n) is 4.06. The predicted octanol–water partition coefficient (Wildman–Crippen LogP) is -0.419. The number of aromatic carboxylic acids is 1. The highest BCUT2D eigenvalue weighted by Crippen LogP contribution is 2.01. The average molecular weight is 207 g/mol. The SMILES string of the molecule is C#CC(CO)Nc1ncc(C(=O)O)cn1. The second kappa shape index (κ2) is 4.93. The van der Waals surface area contributed by atoms with Crippen molar-refractivity contribution in [1.29, 1.82) is 0 Å². The molecule has 0 radical (unpaired) electrons. The Morgan fingerprint density at radius 1 is 1.60 bits per heavy atom. The molecule has 0 spiro atoms. The van der Waals surface area contributed by atoms with Crippen LogP contribution in [0.1, 0.15) is 10.4 Å². The molecule has 1 rings (SSSR count). The van der Waals surface area contributed by atoms with Crippen molar-refractivity contribution < 1.29 is 15.0 Å². The van der Waals surface area contributed by atoms with Crippen LogP contribution in [0.4, 0.5) is 5.95 Å². The number of aromatic nitrogens is 2. The molecule has 1 unspecified atom stereocenters. The lowest BCUT2D eigenvalue weighted by molar-refractivity contribution is 0.0696. The molecule has 0 saturated carbocycles. The van der Waals surface area contributed by atoms with Crippen LogP contribution in [-0.2, 0) is 0 Å². The fraction of sp³-hybridized carbons (Fsp3) is 0.222. The second-order valence-corrected chi connectivity index (χ2v) is 2.65. The summed E-state index contributed by atoms with van der Waals surface area (Å²) in [4.78, 5) is 17.9. The summed E-state index contributed by atoms with van der Waals surface area (Å²) in [5.74, 6) is 1.36. The molecular formula is C9H9N3O3. The van der Waals surface area contributed by atoms with Crippen molar-refractivity contribution in [3.63, 3.8) is 0 Å². The number of rotatable bonds is 4. The molecule has 0 aliphatic rings. The number of terminal acetylenes is 1. The molecule has 78 valence electrons. The summed E-state index contributed by atoms with van der Waals surface area (Å²) in [6.45, 7) is -0.249. The zero-order valence-electron chi connectivity index (χ0n) is 7.71. The Kier molecular flexibility index (Phi) is 3.60. The van der Waals surface area contributed by atoms with Crippen LogP contribution in [0.3, 0.4) is 0 Å². The minimum atomic E-state index is -1.10. The average Bonchev–Trinajstić information content (AvgIpc) is 2.26. The van der Waals surface area contributed by atoms with Crippen molar-refractivity contribution in [3.05, 3.63) is 18.0 Å². The molecule has 0 amide bonds. The summed E-state index contributed by atoms with van der Waals surface area (Å²) >= 11 is 0. The quantitative estimate of drug-likeness (QED) is 0.580. The highest BCUT2D eigenvalue weighted by molar-refractivity contribution is 5.86. The molecule has 0 aliphatic heterocycles. The van der Waals surface area contributed by atoms with Crippen molar-refractivity contribution in [2.24, 2.45) is 0 Å². The number of anilines is 1. The summed E-state index contributed by atoms with van der Waals surface area (Å²) < 4.78 is 0. The normalized spacial score (nSPS) is 11.5. The summed E-state index contributed by atoms with van der Waals surface area (Å²) in [5.41, 5.74) is -0.0122. The van der Waals surface area contributed by atoms with Crippen LogP contribution in [0.2, 0.25) is 0 Å². The van der Waals surface area contributed by atoms with Crippen LogP contribution in [-0.4, -0.2) is 38.8 Å². The standard InChI is InChI=1S/C9H9N3O3/c1-2-7(5-13)12-9-10-3-6(4-11-9)8(14)15/h1,3-4,7,13H,5H2,(H,14,15)(H,10,11,12). The second-order valence-electron chi connectivity index (χ2n) is 2.65. The lowest BCUT2D eigenvalue weighted by atomic mass is 10.3. The van der Waals surface area contributed by atoms with Gasteiger partial charge in [0.15, 0.2) is 0 Å². The van der Waals surface area contributed by atoms with Crippen molar-refractivity contribution in [2.45, 2.75) is 6.04 Å². The van der Waals surface area contributed by atoms with E-state index >= 15 is 0 Å². The van der Waals surface area contributed by atoms with Crippen LogP contribution < -0.4 is 5.32 Å². The Morgan fingerprint density at radius 3 is 2.60 bits per heavy atom. The van der Waals surface area contributed by atoms with Gasteiger partial charge in [-0.1, -0.05) is 5.92 Å². The first-order chi connectivity index (χ1) is 7.17. The van der Waals surface area contributed by atoms with Crippen molar-refractivity contribution >= 4 is 11.9 Å². The van der Waals surface area contributed by atoms with Gasteiger partial charge in [-0.25, -0.2) is 14.8 Å². The summed E-state index contributed by atoms with van der Waals surface area (Å²) in [6, 6.07) is -0.583. The van der Waals surface area contributed by atoms with Crippen LogP contribution in [0.25, 0.3) is 0 Å². The van der Waals surface area contributed by atoms with Gasteiger partial charge >= 0.3 is 5.97 Å². The number of carbonyl (C=O) groups is 1. The van der Waals surface area contributed by atoms with Crippen molar-refractivity contribution in [1.82, 2.24) is 9.97 Å². The Balaban J connectivity index is 2.73. The maximum absolute atomic E-state index is 10.5. The molecule has 0 aliphatic carbocycles. The van der Waals surface area contributed by atoms with Crippen molar-refractivity contribution in [3.8, 4) is 12.3 Å². The number of aliphatic hydroxyl groups is 1. The van der Waals surface area contributed by atoms with E-state index in [9.17, 15) is 4.79 Å². The van der Waals surface area contributed by atoms with Gasteiger partial charge in [0.05, 0.1) is 12.2 Å². The van der Waals surface area contributed by atoms with Gasteiger partial charge in [-0.3, -0.25) is 0 Å². The van der Waals surface area contributed by atoms with E-state index in [2.05, 4.69) is 21.2 Å². The number of nitrogens with one attached hydrogen (secondary N) is 1. The Bertz CT molecular complexity index is 383. The number of hydrogen-bond donors (Lipinski definition) is 3. The molecule has 3 N–H and O–H groups in total. The molecular weight excluding hydrogens is 198 g/mol. The number of nitrogens with zero attached hydrogens (tertiary/aromatic N) is 2. The first-order valence-corrected chi connectivity index (χ1v) is 4.06. The molecule has 1 aromatic heterocycles. The van der Waals surface area contributed by atoms with Gasteiger partial charge in [0.1, 0.15) is 6.04 Å². The summed E-state index contributed by atoms with van der Waals surface area (Å²) in [7, 11) is 0. The Labute approximate surface area is 86.0 Å². The topological polar surface area (TPSA) is 95.3 Å². The number of hydrogen-bond acceptors (Lipinski definition) is 5. The van der Waals surface area contributed by atoms with Gasteiger partial charge in [0.25, 0.3) is 0 Å². The molecule has 1 atom stereocenters. The Morgan fingerprint density at radius 2 is 2.20 bits per heavy atom. The van der Waals surface area contributed by atoms with E-state index in [4.69, 9.17) is 16.6 Å². The first kappa shape index (κ1) is 10.9. The fourth-order valence-corrected chi connectivity index (χ4v) is 0.809. The smallest absolute Gasteiger partial charge is 0.338 e. The van der Waals surface area contributed by atoms with Crippen LogP contribution in [0.15, 0.2) is 12.4 Å². The van der Waals surface area contributed by atoms with E-state index in [1.807, 2.05) is 0 Å². The maximum Gasteiger partial charge on any atom is 0.338 e. The minimum absolute atomic E-state index is 0.0122. The molecule has 6 heteroatoms. The molecule has 0 saturated heterocycles. The fourth-order valence-electron chi connectivity index (χ4n) is 0.809. The van der Waals surface area contributed by atoms with Crippen molar-refractivity contribution in [2.75, 3.05) is 11.9 Å². The monoisotopic (exact) mass is 207 g/mol. The third kappa shape index (κ3) is 2.93. The van der Waals surface area contributed by atoms with E-state index in [0.29, 0.717) is 0 Å².